The quantitative estimate of drug-likeness (QED) is 0.760. The fourth-order valence-corrected chi connectivity index (χ4v) is 4.20. The maximum Gasteiger partial charge on any atom is 0.0767 e. The van der Waals surface area contributed by atoms with Crippen molar-refractivity contribution < 1.29 is 0 Å². The highest BCUT2D eigenvalue weighted by molar-refractivity contribution is 9.10. The van der Waals surface area contributed by atoms with Gasteiger partial charge in [0, 0.05) is 24.0 Å². The zero-order chi connectivity index (χ0) is 15.4. The van der Waals surface area contributed by atoms with Crippen molar-refractivity contribution in [2.24, 2.45) is 5.92 Å². The topological polar surface area (TPSA) is 29.9 Å². The summed E-state index contributed by atoms with van der Waals surface area (Å²) in [4.78, 5) is 1.40. The average Bonchev–Trinajstić information content (AvgIpc) is 3.08. The first-order chi connectivity index (χ1) is 10.1. The van der Waals surface area contributed by atoms with Gasteiger partial charge in [0.05, 0.1) is 15.9 Å². The van der Waals surface area contributed by atoms with Gasteiger partial charge in [-0.2, -0.15) is 5.10 Å². The second kappa shape index (κ2) is 7.56. The minimum absolute atomic E-state index is 0.391. The molecule has 0 aliphatic heterocycles. The van der Waals surface area contributed by atoms with Crippen LogP contribution < -0.4 is 5.32 Å². The number of aromatic nitrogens is 2. The summed E-state index contributed by atoms with van der Waals surface area (Å²) in [5.74, 6) is 0.561. The number of halogens is 1. The van der Waals surface area contributed by atoms with Crippen LogP contribution >= 0.6 is 27.3 Å². The van der Waals surface area contributed by atoms with Crippen LogP contribution in [0, 0.1) is 5.92 Å². The van der Waals surface area contributed by atoms with Crippen LogP contribution in [-0.2, 0) is 19.5 Å². The van der Waals surface area contributed by atoms with Gasteiger partial charge in [-0.1, -0.05) is 26.8 Å². The van der Waals surface area contributed by atoms with E-state index in [-0.39, 0.29) is 0 Å². The molecule has 0 aliphatic rings. The lowest BCUT2D eigenvalue weighted by molar-refractivity contribution is 0.407. The van der Waals surface area contributed by atoms with Crippen molar-refractivity contribution in [2.75, 3.05) is 0 Å². The summed E-state index contributed by atoms with van der Waals surface area (Å²) in [7, 11) is 0. The van der Waals surface area contributed by atoms with Crippen molar-refractivity contribution in [3.63, 3.8) is 0 Å². The molecular formula is C16H24BrN3S. The number of nitrogens with zero attached hydrogens (tertiary/aromatic N) is 2. The van der Waals surface area contributed by atoms with Crippen LogP contribution in [0.3, 0.4) is 0 Å². The molecule has 0 saturated carbocycles. The van der Waals surface area contributed by atoms with E-state index in [4.69, 9.17) is 0 Å². The van der Waals surface area contributed by atoms with Gasteiger partial charge in [0.2, 0.25) is 0 Å². The summed E-state index contributed by atoms with van der Waals surface area (Å²) in [5.41, 5.74) is 2.39. The standard InChI is InChI=1S/C16H24BrN3S/c1-5-12-15(17)13(20(6-2)19-12)10-18-16(11(3)4)14-8-7-9-21-14/h7-9,11,16,18H,5-6,10H2,1-4H3. The van der Waals surface area contributed by atoms with E-state index in [2.05, 4.69) is 76.2 Å². The molecule has 0 aliphatic carbocycles. The Kier molecular flexibility index (Phi) is 6.02. The van der Waals surface area contributed by atoms with Crippen molar-refractivity contribution >= 4 is 27.3 Å². The third-order valence-electron chi connectivity index (χ3n) is 3.70. The number of thiophene rings is 1. The molecule has 116 valence electrons. The third kappa shape index (κ3) is 3.76. The van der Waals surface area contributed by atoms with Crippen molar-refractivity contribution in [3.05, 3.63) is 38.3 Å². The Morgan fingerprint density at radius 1 is 1.38 bits per heavy atom. The molecule has 0 aromatic carbocycles. The monoisotopic (exact) mass is 369 g/mol. The average molecular weight is 370 g/mol. The van der Waals surface area contributed by atoms with Crippen molar-refractivity contribution in [3.8, 4) is 0 Å². The second-order valence-electron chi connectivity index (χ2n) is 5.49. The second-order valence-corrected chi connectivity index (χ2v) is 7.27. The highest BCUT2D eigenvalue weighted by Gasteiger charge is 2.19. The first kappa shape index (κ1) is 16.7. The Hall–Kier alpha value is -0.650. The molecule has 2 aromatic rings. The van der Waals surface area contributed by atoms with E-state index in [0.29, 0.717) is 12.0 Å². The van der Waals surface area contributed by atoms with Gasteiger partial charge in [0.15, 0.2) is 0 Å². The van der Waals surface area contributed by atoms with Gasteiger partial charge in [-0.3, -0.25) is 4.68 Å². The predicted molar refractivity (Wildman–Crippen MR) is 93.7 cm³/mol. The summed E-state index contributed by atoms with van der Waals surface area (Å²) < 4.78 is 3.26. The highest BCUT2D eigenvalue weighted by Crippen LogP contribution is 2.28. The Balaban J connectivity index is 2.16. The molecule has 2 rings (SSSR count). The number of nitrogens with one attached hydrogen (secondary N) is 1. The van der Waals surface area contributed by atoms with E-state index in [9.17, 15) is 0 Å². The van der Waals surface area contributed by atoms with E-state index < -0.39 is 0 Å². The first-order valence-corrected chi connectivity index (χ1v) is 9.26. The maximum atomic E-state index is 4.66. The maximum absolute atomic E-state index is 4.66. The lowest BCUT2D eigenvalue weighted by Crippen LogP contribution is -2.26. The highest BCUT2D eigenvalue weighted by atomic mass is 79.9. The summed E-state index contributed by atoms with van der Waals surface area (Å²) in [6.45, 7) is 10.6. The largest absolute Gasteiger partial charge is 0.303 e. The summed E-state index contributed by atoms with van der Waals surface area (Å²) in [6, 6.07) is 4.73. The van der Waals surface area contributed by atoms with Crippen molar-refractivity contribution in [1.29, 1.82) is 0 Å². The molecule has 0 bridgehead atoms. The van der Waals surface area contributed by atoms with Crippen molar-refractivity contribution in [1.82, 2.24) is 15.1 Å². The van der Waals surface area contributed by atoms with Crippen LogP contribution in [0.15, 0.2) is 22.0 Å². The van der Waals surface area contributed by atoms with Crippen LogP contribution in [0.1, 0.15) is 50.0 Å². The molecule has 1 unspecified atom stereocenters. The predicted octanol–water partition coefficient (Wildman–Crippen LogP) is 4.78. The molecule has 2 heterocycles. The molecule has 1 atom stereocenters. The van der Waals surface area contributed by atoms with Crippen molar-refractivity contribution in [2.45, 2.75) is 53.2 Å². The summed E-state index contributed by atoms with van der Waals surface area (Å²) in [5, 5.41) is 10.5. The van der Waals surface area contributed by atoms with Crippen LogP contribution in [0.2, 0.25) is 0 Å². The SMILES string of the molecule is CCc1nn(CC)c(CNC(c2cccs2)C(C)C)c1Br. The molecule has 0 fully saturated rings. The number of hydrogen-bond acceptors (Lipinski definition) is 3. The Morgan fingerprint density at radius 2 is 2.14 bits per heavy atom. The molecule has 21 heavy (non-hydrogen) atoms. The molecule has 1 N–H and O–H groups in total. The summed E-state index contributed by atoms with van der Waals surface area (Å²) >= 11 is 5.54. The van der Waals surface area contributed by atoms with Gasteiger partial charge in [-0.15, -0.1) is 11.3 Å². The van der Waals surface area contributed by atoms with Gasteiger partial charge in [-0.05, 0) is 46.6 Å². The normalized spacial score (nSPS) is 13.0. The van der Waals surface area contributed by atoms with Crippen LogP contribution in [-0.4, -0.2) is 9.78 Å². The zero-order valence-corrected chi connectivity index (χ0v) is 15.6. The van der Waals surface area contributed by atoms with Gasteiger partial charge >= 0.3 is 0 Å². The molecule has 0 saturated heterocycles. The lowest BCUT2D eigenvalue weighted by atomic mass is 10.0. The molecule has 5 heteroatoms. The van der Waals surface area contributed by atoms with Gasteiger partial charge in [0.25, 0.3) is 0 Å². The first-order valence-electron chi connectivity index (χ1n) is 7.59. The zero-order valence-electron chi connectivity index (χ0n) is 13.2. The smallest absolute Gasteiger partial charge is 0.0767 e. The molecule has 3 nitrogen and oxygen atoms in total. The van der Waals surface area contributed by atoms with Crippen LogP contribution in [0.4, 0.5) is 0 Å². The Bertz CT molecular complexity index is 560. The number of aryl methyl sites for hydroxylation is 2. The lowest BCUT2D eigenvalue weighted by Gasteiger charge is -2.21. The number of rotatable bonds is 7. The fraction of sp³-hybridized carbons (Fsp3) is 0.562. The molecular weight excluding hydrogens is 346 g/mol. The van der Waals surface area contributed by atoms with Crippen LogP contribution in [0.5, 0.6) is 0 Å². The minimum atomic E-state index is 0.391. The fourth-order valence-electron chi connectivity index (χ4n) is 2.53. The molecule has 0 radical (unpaired) electrons. The van der Waals surface area contributed by atoms with Crippen LogP contribution in [0.25, 0.3) is 0 Å². The molecule has 0 amide bonds. The molecule has 2 aromatic heterocycles. The summed E-state index contributed by atoms with van der Waals surface area (Å²) in [6.07, 6.45) is 0.957. The van der Waals surface area contributed by atoms with E-state index in [1.807, 2.05) is 11.3 Å². The van der Waals surface area contributed by atoms with E-state index in [0.717, 1.165) is 29.7 Å². The van der Waals surface area contributed by atoms with E-state index in [1.54, 1.807) is 0 Å². The van der Waals surface area contributed by atoms with Gasteiger partial charge in [0.1, 0.15) is 0 Å². The Morgan fingerprint density at radius 3 is 2.67 bits per heavy atom. The third-order valence-corrected chi connectivity index (χ3v) is 5.57. The number of hydrogen-bond donors (Lipinski definition) is 1. The van der Waals surface area contributed by atoms with Gasteiger partial charge < -0.3 is 5.32 Å². The minimum Gasteiger partial charge on any atom is -0.303 e. The van der Waals surface area contributed by atoms with E-state index in [1.165, 1.54) is 10.6 Å². The molecule has 0 spiro atoms. The van der Waals surface area contributed by atoms with E-state index >= 15 is 0 Å². The Labute approximate surface area is 139 Å². The van der Waals surface area contributed by atoms with Gasteiger partial charge in [-0.25, -0.2) is 0 Å².